The molecule has 1 nitrogen and oxygen atoms in total. The average Bonchev–Trinajstić information content (AvgIpc) is 3.00. The van der Waals surface area contributed by atoms with Crippen LogP contribution in [0, 0.1) is 40.8 Å². The molecule has 10 heteroatoms. The molecular weight excluding hydrogens is 631 g/mol. The summed E-state index contributed by atoms with van der Waals surface area (Å²) in [5.74, 6) is -7.98. The van der Waals surface area contributed by atoms with E-state index in [0.717, 1.165) is 43.4 Å². The van der Waals surface area contributed by atoms with Crippen molar-refractivity contribution in [2.45, 2.75) is 77.0 Å². The average molecular weight is 665 g/mol. The number of halogens is 9. The molecule has 250 valence electrons. The van der Waals surface area contributed by atoms with E-state index in [-0.39, 0.29) is 22.6 Å². The fourth-order valence-corrected chi connectivity index (χ4v) is 6.37. The second-order valence-electron chi connectivity index (χ2n) is 12.1. The lowest BCUT2D eigenvalue weighted by Crippen LogP contribution is -2.25. The Morgan fingerprint density at radius 1 is 0.660 bits per heavy atom. The molecule has 0 atom stereocenters. The maximum Gasteiger partial charge on any atom is 0.432 e. The van der Waals surface area contributed by atoms with Gasteiger partial charge in [0.1, 0.15) is 52.9 Å². The summed E-state index contributed by atoms with van der Waals surface area (Å²) >= 11 is 0. The van der Waals surface area contributed by atoms with Crippen LogP contribution in [-0.2, 0) is 12.8 Å². The number of alkyl halides is 3. The number of hydrogen-bond donors (Lipinski definition) is 0. The van der Waals surface area contributed by atoms with Gasteiger partial charge < -0.3 is 4.74 Å². The number of benzene rings is 4. The highest BCUT2D eigenvalue weighted by atomic mass is 19.3. The van der Waals surface area contributed by atoms with Crippen molar-refractivity contribution in [3.05, 3.63) is 112 Å². The molecule has 0 saturated heterocycles. The van der Waals surface area contributed by atoms with E-state index in [1.54, 1.807) is 6.07 Å². The maximum atomic E-state index is 15.2. The number of rotatable bonds is 11. The Labute approximate surface area is 267 Å². The number of ether oxygens (including phenoxy) is 1. The molecule has 5 rings (SSSR count). The van der Waals surface area contributed by atoms with Crippen LogP contribution in [0.5, 0.6) is 5.75 Å². The molecule has 1 aliphatic rings. The van der Waals surface area contributed by atoms with Gasteiger partial charge in [0, 0.05) is 17.2 Å². The van der Waals surface area contributed by atoms with Crippen LogP contribution in [0.2, 0.25) is 0 Å². The van der Waals surface area contributed by atoms with Crippen molar-refractivity contribution in [3.8, 4) is 28.0 Å². The molecule has 0 amide bonds. The molecule has 1 aliphatic carbocycles. The summed E-state index contributed by atoms with van der Waals surface area (Å²) in [6.45, 7) is 0.733. The topological polar surface area (TPSA) is 9.23 Å². The number of unbranched alkanes of at least 4 members (excludes halogenated alkanes) is 2. The minimum atomic E-state index is -4.64. The Morgan fingerprint density at radius 3 is 1.74 bits per heavy atom. The van der Waals surface area contributed by atoms with E-state index < -0.39 is 70.1 Å². The highest BCUT2D eigenvalue weighted by Gasteiger charge is 2.41. The van der Waals surface area contributed by atoms with Crippen molar-refractivity contribution in [1.29, 1.82) is 0 Å². The first-order valence-electron chi connectivity index (χ1n) is 15.6. The van der Waals surface area contributed by atoms with Crippen LogP contribution in [0.15, 0.2) is 60.7 Å². The second kappa shape index (κ2) is 14.4. The van der Waals surface area contributed by atoms with E-state index in [1.807, 2.05) is 0 Å². The third kappa shape index (κ3) is 7.63. The Hall–Kier alpha value is -3.95. The van der Waals surface area contributed by atoms with Crippen LogP contribution in [0.25, 0.3) is 22.3 Å². The molecule has 0 aromatic heterocycles. The van der Waals surface area contributed by atoms with Gasteiger partial charge in [0.05, 0.1) is 5.56 Å². The molecule has 0 unspecified atom stereocenters. The van der Waals surface area contributed by atoms with Gasteiger partial charge in [-0.2, -0.15) is 8.78 Å². The van der Waals surface area contributed by atoms with Crippen LogP contribution in [0.3, 0.4) is 0 Å². The fraction of sp³-hybridized carbons (Fsp3) is 0.351. The van der Waals surface area contributed by atoms with Crippen LogP contribution < -0.4 is 4.74 Å². The standard InChI is InChI=1S/C37H33F9O/c1-2-3-4-5-21-6-8-22(9-7-21)23-10-12-27(30(39)14-23)25-17-34(43)36(35(44)18-25)37(45,46)47-26-11-13-28(33(42)19-26)24-15-31(40)29(20-38)32(41)16-24/h10-19,21-22H,2-9,20H2,1H3. The quantitative estimate of drug-likeness (QED) is 0.115. The monoisotopic (exact) mass is 664 g/mol. The molecule has 1 saturated carbocycles. The van der Waals surface area contributed by atoms with Crippen LogP contribution >= 0.6 is 0 Å². The zero-order valence-electron chi connectivity index (χ0n) is 25.6. The Kier molecular flexibility index (Phi) is 10.6. The van der Waals surface area contributed by atoms with Gasteiger partial charge in [0.15, 0.2) is 0 Å². The maximum absolute atomic E-state index is 15.2. The zero-order chi connectivity index (χ0) is 33.9. The van der Waals surface area contributed by atoms with Crippen LogP contribution in [0.1, 0.15) is 80.9 Å². The summed E-state index contributed by atoms with van der Waals surface area (Å²) in [7, 11) is 0. The van der Waals surface area contributed by atoms with Gasteiger partial charge in [-0.3, -0.25) is 0 Å². The molecule has 0 heterocycles. The second-order valence-corrected chi connectivity index (χ2v) is 12.1. The van der Waals surface area contributed by atoms with Crippen LogP contribution in [-0.4, -0.2) is 0 Å². The minimum Gasteiger partial charge on any atom is -0.429 e. The molecule has 4 aromatic rings. The summed E-state index contributed by atoms with van der Waals surface area (Å²) in [5, 5.41) is 0. The van der Waals surface area contributed by atoms with E-state index in [2.05, 4.69) is 11.7 Å². The van der Waals surface area contributed by atoms with Gasteiger partial charge >= 0.3 is 6.11 Å². The first-order chi connectivity index (χ1) is 22.4. The smallest absolute Gasteiger partial charge is 0.429 e. The molecule has 1 fully saturated rings. The predicted octanol–water partition coefficient (Wildman–Crippen LogP) is 12.3. The van der Waals surface area contributed by atoms with Crippen molar-refractivity contribution < 1.29 is 44.3 Å². The SMILES string of the molecule is CCCCCC1CCC(c2ccc(-c3cc(F)c(C(F)(F)Oc4ccc(-c5cc(F)c(CF)c(F)c5)c(F)c4)c(F)c3)c(F)c2)CC1. The molecular formula is C37H33F9O. The van der Waals surface area contributed by atoms with Gasteiger partial charge in [-0.25, -0.2) is 30.7 Å². The van der Waals surface area contributed by atoms with Crippen molar-refractivity contribution in [1.82, 2.24) is 0 Å². The lowest BCUT2D eigenvalue weighted by molar-refractivity contribution is -0.189. The molecule has 0 radical (unpaired) electrons. The molecule has 0 bridgehead atoms. The lowest BCUT2D eigenvalue weighted by atomic mass is 9.77. The van der Waals surface area contributed by atoms with E-state index in [9.17, 15) is 17.6 Å². The number of hydrogen-bond acceptors (Lipinski definition) is 1. The van der Waals surface area contributed by atoms with Crippen molar-refractivity contribution in [2.75, 3.05) is 0 Å². The fourth-order valence-electron chi connectivity index (χ4n) is 6.37. The third-order valence-electron chi connectivity index (χ3n) is 8.94. The predicted molar refractivity (Wildman–Crippen MR) is 162 cm³/mol. The van der Waals surface area contributed by atoms with E-state index in [4.69, 9.17) is 0 Å². The summed E-state index contributed by atoms with van der Waals surface area (Å²) in [4.78, 5) is 0. The lowest BCUT2D eigenvalue weighted by Gasteiger charge is -2.29. The van der Waals surface area contributed by atoms with E-state index >= 15 is 22.0 Å². The third-order valence-corrected chi connectivity index (χ3v) is 8.94. The Bertz CT molecular complexity index is 1680. The van der Waals surface area contributed by atoms with Crippen molar-refractivity contribution >= 4 is 0 Å². The summed E-state index contributed by atoms with van der Waals surface area (Å²) in [5.41, 5.74) is -3.07. The van der Waals surface area contributed by atoms with Crippen LogP contribution in [0.4, 0.5) is 39.5 Å². The highest BCUT2D eigenvalue weighted by molar-refractivity contribution is 5.67. The van der Waals surface area contributed by atoms with Gasteiger partial charge in [0.25, 0.3) is 0 Å². The zero-order valence-corrected chi connectivity index (χ0v) is 25.6. The van der Waals surface area contributed by atoms with Gasteiger partial charge in [-0.15, -0.1) is 0 Å². The Balaban J connectivity index is 1.31. The van der Waals surface area contributed by atoms with Gasteiger partial charge in [0.2, 0.25) is 0 Å². The highest BCUT2D eigenvalue weighted by Crippen LogP contribution is 2.41. The largest absolute Gasteiger partial charge is 0.432 e. The van der Waals surface area contributed by atoms with E-state index in [0.29, 0.717) is 36.2 Å². The molecule has 4 aromatic carbocycles. The first kappa shape index (κ1) is 34.4. The minimum absolute atomic E-state index is 0.163. The normalized spacial score (nSPS) is 16.8. The molecule has 0 spiro atoms. The summed E-state index contributed by atoms with van der Waals surface area (Å²) in [6, 6.07) is 9.02. The van der Waals surface area contributed by atoms with E-state index in [1.165, 1.54) is 37.8 Å². The molecule has 0 aliphatic heterocycles. The molecule has 0 N–H and O–H groups in total. The van der Waals surface area contributed by atoms with Gasteiger partial charge in [-0.1, -0.05) is 44.7 Å². The van der Waals surface area contributed by atoms with Gasteiger partial charge in [-0.05, 0) is 96.7 Å². The van der Waals surface area contributed by atoms with Crippen molar-refractivity contribution in [3.63, 3.8) is 0 Å². The van der Waals surface area contributed by atoms with Crippen molar-refractivity contribution in [2.24, 2.45) is 5.92 Å². The Morgan fingerprint density at radius 2 is 1.21 bits per heavy atom. The first-order valence-corrected chi connectivity index (χ1v) is 15.6. The summed E-state index contributed by atoms with van der Waals surface area (Å²) in [6.07, 6.45) is 4.08. The molecule has 47 heavy (non-hydrogen) atoms. The summed E-state index contributed by atoms with van der Waals surface area (Å²) < 4.78 is 135.